The molecule has 96 valence electrons. The van der Waals surface area contributed by atoms with Gasteiger partial charge in [-0.1, -0.05) is 23.5 Å². The van der Waals surface area contributed by atoms with E-state index in [-0.39, 0.29) is 5.91 Å². The zero-order chi connectivity index (χ0) is 13.2. The number of thiazole rings is 1. The highest BCUT2D eigenvalue weighted by molar-refractivity contribution is 9.11. The van der Waals surface area contributed by atoms with Crippen LogP contribution in [0.2, 0.25) is 0 Å². The van der Waals surface area contributed by atoms with Crippen LogP contribution in [0.15, 0.2) is 38.9 Å². The first-order chi connectivity index (χ1) is 9.24. The van der Waals surface area contributed by atoms with Gasteiger partial charge in [-0.25, -0.2) is 4.98 Å². The number of aromatic nitrogens is 1. The second-order valence-corrected chi connectivity index (χ2v) is 7.72. The number of nitrogens with zero attached hydrogens (tertiary/aromatic N) is 1. The lowest BCUT2D eigenvalue weighted by Gasteiger charge is -2.02. The van der Waals surface area contributed by atoms with Gasteiger partial charge < -0.3 is 5.32 Å². The molecular formula is C12H7BrN2OS3. The van der Waals surface area contributed by atoms with Crippen molar-refractivity contribution in [3.63, 3.8) is 0 Å². The Morgan fingerprint density at radius 1 is 1.21 bits per heavy atom. The van der Waals surface area contributed by atoms with E-state index in [1.807, 2.05) is 29.0 Å². The van der Waals surface area contributed by atoms with Crippen molar-refractivity contribution in [2.75, 3.05) is 5.32 Å². The van der Waals surface area contributed by atoms with Crippen LogP contribution in [0.5, 0.6) is 0 Å². The number of carbonyl (C=O) groups is 1. The molecule has 7 heteroatoms. The smallest absolute Gasteiger partial charge is 0.266 e. The average molecular weight is 371 g/mol. The van der Waals surface area contributed by atoms with E-state index in [1.54, 1.807) is 17.4 Å². The second-order valence-electron chi connectivity index (χ2n) is 3.55. The Balaban J connectivity index is 1.91. The third-order valence-electron chi connectivity index (χ3n) is 2.33. The molecule has 3 heterocycles. The van der Waals surface area contributed by atoms with E-state index in [9.17, 15) is 4.79 Å². The fraction of sp³-hybridized carbons (Fsp3) is 0. The molecule has 3 aromatic rings. The number of hydrogen-bond donors (Lipinski definition) is 1. The summed E-state index contributed by atoms with van der Waals surface area (Å²) in [5.41, 5.74) is 0.816. The minimum absolute atomic E-state index is 0.0936. The minimum Gasteiger partial charge on any atom is -0.311 e. The number of anilines is 1. The summed E-state index contributed by atoms with van der Waals surface area (Å²) in [6.45, 7) is 0. The molecule has 1 amide bonds. The van der Waals surface area contributed by atoms with E-state index in [1.165, 1.54) is 22.7 Å². The third kappa shape index (κ3) is 2.79. The van der Waals surface area contributed by atoms with E-state index < -0.39 is 0 Å². The van der Waals surface area contributed by atoms with E-state index in [0.29, 0.717) is 4.88 Å². The van der Waals surface area contributed by atoms with E-state index in [4.69, 9.17) is 0 Å². The van der Waals surface area contributed by atoms with Crippen LogP contribution in [0.3, 0.4) is 0 Å². The van der Waals surface area contributed by atoms with Gasteiger partial charge >= 0.3 is 0 Å². The van der Waals surface area contributed by atoms with Crippen molar-refractivity contribution >= 4 is 60.8 Å². The lowest BCUT2D eigenvalue weighted by molar-refractivity contribution is 0.103. The van der Waals surface area contributed by atoms with Gasteiger partial charge in [-0.15, -0.1) is 22.7 Å². The van der Waals surface area contributed by atoms with Crippen LogP contribution in [-0.4, -0.2) is 10.9 Å². The first-order valence-corrected chi connectivity index (χ1v) is 8.66. The Labute approximate surface area is 130 Å². The van der Waals surface area contributed by atoms with Crippen molar-refractivity contribution in [2.45, 2.75) is 0 Å². The summed E-state index contributed by atoms with van der Waals surface area (Å²) in [6, 6.07) is 7.63. The summed E-state index contributed by atoms with van der Waals surface area (Å²) < 4.78 is 0.761. The molecule has 0 aromatic carbocycles. The van der Waals surface area contributed by atoms with Gasteiger partial charge in [-0.3, -0.25) is 4.79 Å². The van der Waals surface area contributed by atoms with Crippen LogP contribution in [0.4, 0.5) is 5.00 Å². The van der Waals surface area contributed by atoms with Gasteiger partial charge in [0.1, 0.15) is 10.7 Å². The zero-order valence-electron chi connectivity index (χ0n) is 9.42. The van der Waals surface area contributed by atoms with Gasteiger partial charge in [0.25, 0.3) is 5.91 Å². The van der Waals surface area contributed by atoms with Gasteiger partial charge in [0.05, 0.1) is 9.75 Å². The van der Waals surface area contributed by atoms with Gasteiger partial charge in [-0.2, -0.15) is 0 Å². The van der Waals surface area contributed by atoms with Gasteiger partial charge in [0.15, 0.2) is 3.92 Å². The molecule has 0 radical (unpaired) electrons. The molecule has 0 atom stereocenters. The number of amides is 1. The maximum absolute atomic E-state index is 12.1. The topological polar surface area (TPSA) is 42.0 Å². The summed E-state index contributed by atoms with van der Waals surface area (Å²) in [4.78, 5) is 18.2. The number of halogens is 1. The van der Waals surface area contributed by atoms with E-state index >= 15 is 0 Å². The minimum atomic E-state index is -0.0936. The molecule has 0 bridgehead atoms. The SMILES string of the molecule is O=C(Nc1sc(Br)nc1-c1cccs1)c1cccs1. The van der Waals surface area contributed by atoms with Gasteiger partial charge in [-0.05, 0) is 38.8 Å². The summed E-state index contributed by atoms with van der Waals surface area (Å²) in [5.74, 6) is -0.0936. The summed E-state index contributed by atoms with van der Waals surface area (Å²) in [7, 11) is 0. The highest BCUT2D eigenvalue weighted by Gasteiger charge is 2.16. The van der Waals surface area contributed by atoms with Crippen LogP contribution >= 0.6 is 49.9 Å². The van der Waals surface area contributed by atoms with Gasteiger partial charge in [0.2, 0.25) is 0 Å². The Kier molecular flexibility index (Phi) is 3.79. The molecule has 0 aliphatic carbocycles. The van der Waals surface area contributed by atoms with Crippen molar-refractivity contribution < 1.29 is 4.79 Å². The molecule has 0 aliphatic rings. The maximum Gasteiger partial charge on any atom is 0.266 e. The lowest BCUT2D eigenvalue weighted by atomic mass is 10.3. The Morgan fingerprint density at radius 3 is 2.68 bits per heavy atom. The monoisotopic (exact) mass is 370 g/mol. The molecule has 3 aromatic heterocycles. The molecule has 0 saturated heterocycles. The summed E-state index contributed by atoms with van der Waals surface area (Å²) in [5, 5.41) is 7.58. The predicted octanol–water partition coefficient (Wildman–Crippen LogP) is 4.95. The van der Waals surface area contributed by atoms with Gasteiger partial charge in [0, 0.05) is 0 Å². The molecule has 3 rings (SSSR count). The number of hydrogen-bond acceptors (Lipinski definition) is 5. The number of rotatable bonds is 3. The van der Waals surface area contributed by atoms with Crippen molar-refractivity contribution in [1.29, 1.82) is 0 Å². The normalized spacial score (nSPS) is 10.6. The zero-order valence-corrected chi connectivity index (χ0v) is 13.5. The number of thiophene rings is 2. The van der Waals surface area contributed by atoms with Crippen LogP contribution in [-0.2, 0) is 0 Å². The van der Waals surface area contributed by atoms with E-state index in [2.05, 4.69) is 26.2 Å². The molecule has 19 heavy (non-hydrogen) atoms. The largest absolute Gasteiger partial charge is 0.311 e. The molecule has 3 nitrogen and oxygen atoms in total. The van der Waals surface area contributed by atoms with Crippen molar-refractivity contribution in [2.24, 2.45) is 0 Å². The molecule has 0 spiro atoms. The third-order valence-corrected chi connectivity index (χ3v) is 5.50. The van der Waals surface area contributed by atoms with E-state index in [0.717, 1.165) is 19.5 Å². The summed E-state index contributed by atoms with van der Waals surface area (Å²) >= 11 is 7.82. The Bertz CT molecular complexity index is 689. The maximum atomic E-state index is 12.1. The van der Waals surface area contributed by atoms with Crippen molar-refractivity contribution in [3.05, 3.63) is 43.8 Å². The second kappa shape index (κ2) is 5.54. The van der Waals surface area contributed by atoms with Crippen molar-refractivity contribution in [1.82, 2.24) is 4.98 Å². The average Bonchev–Trinajstić information content (AvgIpc) is 3.09. The number of nitrogens with one attached hydrogen (secondary N) is 1. The standard InChI is InChI=1S/C12H7BrN2OS3/c13-12-14-9(7-3-1-5-17-7)11(19-12)15-10(16)8-4-2-6-18-8/h1-6H,(H,15,16). The molecule has 1 N–H and O–H groups in total. The lowest BCUT2D eigenvalue weighted by Crippen LogP contribution is -2.09. The number of carbonyl (C=O) groups excluding carboxylic acids is 1. The Hall–Kier alpha value is -1.02. The molecular weight excluding hydrogens is 364 g/mol. The fourth-order valence-corrected chi connectivity index (χ4v) is 4.30. The predicted molar refractivity (Wildman–Crippen MR) is 85.4 cm³/mol. The highest BCUT2D eigenvalue weighted by Crippen LogP contribution is 2.38. The molecule has 0 aliphatic heterocycles. The fourth-order valence-electron chi connectivity index (χ4n) is 1.53. The summed E-state index contributed by atoms with van der Waals surface area (Å²) in [6.07, 6.45) is 0. The van der Waals surface area contributed by atoms with Crippen LogP contribution in [0, 0.1) is 0 Å². The first-order valence-electron chi connectivity index (χ1n) is 5.29. The van der Waals surface area contributed by atoms with Crippen LogP contribution < -0.4 is 5.32 Å². The first kappa shape index (κ1) is 13.0. The highest BCUT2D eigenvalue weighted by atomic mass is 79.9. The van der Waals surface area contributed by atoms with Crippen LogP contribution in [0.1, 0.15) is 9.67 Å². The Morgan fingerprint density at radius 2 is 2.00 bits per heavy atom. The molecule has 0 unspecified atom stereocenters. The van der Waals surface area contributed by atoms with Crippen molar-refractivity contribution in [3.8, 4) is 10.6 Å². The molecule has 0 saturated carbocycles. The molecule has 0 fully saturated rings. The van der Waals surface area contributed by atoms with Crippen LogP contribution in [0.25, 0.3) is 10.6 Å². The quantitative estimate of drug-likeness (QED) is 0.708.